The number of nitrogens with zero attached hydrogens (tertiary/aromatic N) is 3. The van der Waals surface area contributed by atoms with Crippen LogP contribution in [0, 0.1) is 5.82 Å². The number of benzene rings is 2. The van der Waals surface area contributed by atoms with Crippen molar-refractivity contribution in [3.05, 3.63) is 83.6 Å². The Morgan fingerprint density at radius 2 is 1.78 bits per heavy atom. The molecule has 3 heterocycles. The van der Waals surface area contributed by atoms with Gasteiger partial charge in [-0.15, -0.1) is 0 Å². The van der Waals surface area contributed by atoms with Gasteiger partial charge in [0.25, 0.3) is 5.91 Å². The molecule has 2 aromatic carbocycles. The number of fused-ring (bicyclic) bond motifs is 1. The van der Waals surface area contributed by atoms with Crippen molar-refractivity contribution in [2.24, 2.45) is 0 Å². The van der Waals surface area contributed by atoms with Crippen LogP contribution in [0.2, 0.25) is 0 Å². The van der Waals surface area contributed by atoms with Gasteiger partial charge in [-0.05, 0) is 55.3 Å². The van der Waals surface area contributed by atoms with Gasteiger partial charge in [0.05, 0.1) is 39.1 Å². The molecule has 5 rings (SSSR count). The molecule has 0 bridgehead atoms. The fourth-order valence-electron chi connectivity index (χ4n) is 4.70. The lowest BCUT2D eigenvalue weighted by Crippen LogP contribution is -2.32. The lowest BCUT2D eigenvalue weighted by atomic mass is 10.1. The summed E-state index contributed by atoms with van der Waals surface area (Å²) in [7, 11) is 3.23. The van der Waals surface area contributed by atoms with E-state index in [1.54, 1.807) is 49.6 Å². The lowest BCUT2D eigenvalue weighted by Gasteiger charge is -2.27. The van der Waals surface area contributed by atoms with E-state index < -0.39 is 11.7 Å². The smallest absolute Gasteiger partial charge is 0.257 e. The van der Waals surface area contributed by atoms with Crippen LogP contribution in [-0.4, -0.2) is 43.1 Å². The summed E-state index contributed by atoms with van der Waals surface area (Å²) in [6.07, 6.45) is 3.70. The third-order valence-corrected chi connectivity index (χ3v) is 6.49. The fraction of sp³-hybridized carbons (Fsp3) is 0.286. The Morgan fingerprint density at radius 1 is 1.03 bits per heavy atom. The van der Waals surface area contributed by atoms with E-state index in [0.717, 1.165) is 42.7 Å². The summed E-state index contributed by atoms with van der Waals surface area (Å²) >= 11 is 0. The molecule has 0 atom stereocenters. The maximum Gasteiger partial charge on any atom is 0.257 e. The maximum atomic E-state index is 14.6. The third-order valence-electron chi connectivity index (χ3n) is 6.49. The molecule has 1 saturated heterocycles. The Morgan fingerprint density at radius 3 is 2.47 bits per heavy atom. The molecule has 8 heteroatoms. The maximum absolute atomic E-state index is 14.6. The van der Waals surface area contributed by atoms with E-state index in [1.165, 1.54) is 12.1 Å². The minimum absolute atomic E-state index is 0.0137. The number of halogens is 1. The summed E-state index contributed by atoms with van der Waals surface area (Å²) in [5.41, 5.74) is 1.55. The predicted molar refractivity (Wildman–Crippen MR) is 135 cm³/mol. The van der Waals surface area contributed by atoms with Crippen LogP contribution in [-0.2, 0) is 13.1 Å². The Balaban J connectivity index is 1.63. The average molecular weight is 490 g/mol. The molecule has 4 aromatic rings. The van der Waals surface area contributed by atoms with Crippen LogP contribution < -0.4 is 14.4 Å². The SMILES string of the molecule is COc1ccc(OC)c2nc(N3CCCC3)c(CN(Cc3ccco3)C(=O)c3ccccc3F)cc12. The summed E-state index contributed by atoms with van der Waals surface area (Å²) in [5.74, 6) is 1.72. The molecule has 1 aliphatic heterocycles. The van der Waals surface area contributed by atoms with Crippen molar-refractivity contribution in [3.8, 4) is 11.5 Å². The van der Waals surface area contributed by atoms with Gasteiger partial charge in [-0.3, -0.25) is 4.79 Å². The van der Waals surface area contributed by atoms with E-state index in [1.807, 2.05) is 18.2 Å². The topological polar surface area (TPSA) is 68.0 Å². The number of hydrogen-bond acceptors (Lipinski definition) is 6. The largest absolute Gasteiger partial charge is 0.496 e. The van der Waals surface area contributed by atoms with Crippen molar-refractivity contribution >= 4 is 22.6 Å². The van der Waals surface area contributed by atoms with Crippen molar-refractivity contribution in [3.63, 3.8) is 0 Å². The van der Waals surface area contributed by atoms with Crippen LogP contribution in [0.5, 0.6) is 11.5 Å². The van der Waals surface area contributed by atoms with Gasteiger partial charge in [-0.25, -0.2) is 9.37 Å². The molecule has 0 aliphatic carbocycles. The van der Waals surface area contributed by atoms with Gasteiger partial charge < -0.3 is 23.7 Å². The van der Waals surface area contributed by atoms with Gasteiger partial charge in [-0.1, -0.05) is 12.1 Å². The Kier molecular flexibility index (Phi) is 6.75. The molecule has 0 N–H and O–H groups in total. The molecule has 0 unspecified atom stereocenters. The number of pyridine rings is 1. The van der Waals surface area contributed by atoms with Gasteiger partial charge in [0.2, 0.25) is 0 Å². The van der Waals surface area contributed by atoms with Gasteiger partial charge >= 0.3 is 0 Å². The first-order valence-electron chi connectivity index (χ1n) is 11.9. The minimum atomic E-state index is -0.560. The second-order valence-corrected chi connectivity index (χ2v) is 8.75. The summed E-state index contributed by atoms with van der Waals surface area (Å²) in [5, 5.41) is 0.783. The lowest BCUT2D eigenvalue weighted by molar-refractivity contribution is 0.0713. The number of furan rings is 1. The van der Waals surface area contributed by atoms with Crippen LogP contribution in [0.4, 0.5) is 10.2 Å². The zero-order chi connectivity index (χ0) is 25.1. The molecular formula is C28H28FN3O4. The average Bonchev–Trinajstić information content (AvgIpc) is 3.62. The van der Waals surface area contributed by atoms with E-state index in [9.17, 15) is 9.18 Å². The molecule has 1 aliphatic rings. The number of ether oxygens (including phenoxy) is 2. The van der Waals surface area contributed by atoms with E-state index in [-0.39, 0.29) is 18.7 Å². The highest BCUT2D eigenvalue weighted by Crippen LogP contribution is 2.37. The number of anilines is 1. The highest BCUT2D eigenvalue weighted by atomic mass is 19.1. The predicted octanol–water partition coefficient (Wildman–Crippen LogP) is 5.43. The van der Waals surface area contributed by atoms with E-state index in [2.05, 4.69) is 4.90 Å². The zero-order valence-electron chi connectivity index (χ0n) is 20.4. The Hall–Kier alpha value is -4.07. The van der Waals surface area contributed by atoms with Crippen LogP contribution in [0.25, 0.3) is 10.9 Å². The van der Waals surface area contributed by atoms with Crippen molar-refractivity contribution in [2.45, 2.75) is 25.9 Å². The number of carbonyl (C=O) groups excluding carboxylic acids is 1. The first kappa shape index (κ1) is 23.7. The molecule has 1 fully saturated rings. The fourth-order valence-corrected chi connectivity index (χ4v) is 4.70. The second kappa shape index (κ2) is 10.3. The number of rotatable bonds is 8. The second-order valence-electron chi connectivity index (χ2n) is 8.75. The van der Waals surface area contributed by atoms with Gasteiger partial charge in [0.15, 0.2) is 0 Å². The number of hydrogen-bond donors (Lipinski definition) is 0. The molecule has 186 valence electrons. The molecule has 0 radical (unpaired) electrons. The third kappa shape index (κ3) is 4.58. The first-order valence-corrected chi connectivity index (χ1v) is 11.9. The van der Waals surface area contributed by atoms with Crippen molar-refractivity contribution in [1.82, 2.24) is 9.88 Å². The van der Waals surface area contributed by atoms with Crippen LogP contribution in [0.3, 0.4) is 0 Å². The molecule has 0 saturated carbocycles. The minimum Gasteiger partial charge on any atom is -0.496 e. The van der Waals surface area contributed by atoms with Crippen molar-refractivity contribution in [2.75, 3.05) is 32.2 Å². The van der Waals surface area contributed by atoms with Gasteiger partial charge in [0.1, 0.15) is 34.4 Å². The Bertz CT molecular complexity index is 1370. The molecule has 0 spiro atoms. The first-order chi connectivity index (χ1) is 17.6. The highest BCUT2D eigenvalue weighted by molar-refractivity contribution is 5.95. The number of methoxy groups -OCH3 is 2. The van der Waals surface area contributed by atoms with Crippen molar-refractivity contribution < 1.29 is 23.1 Å². The van der Waals surface area contributed by atoms with Crippen LogP contribution >= 0.6 is 0 Å². The van der Waals surface area contributed by atoms with Gasteiger partial charge in [-0.2, -0.15) is 0 Å². The Labute approximate surface area is 209 Å². The van der Waals surface area contributed by atoms with E-state index in [4.69, 9.17) is 18.9 Å². The summed E-state index contributed by atoms with van der Waals surface area (Å²) in [4.78, 5) is 22.4. The normalized spacial score (nSPS) is 13.2. The van der Waals surface area contributed by atoms with Crippen LogP contribution in [0.1, 0.15) is 34.5 Å². The summed E-state index contributed by atoms with van der Waals surface area (Å²) in [6.45, 7) is 2.14. The number of carbonyl (C=O) groups is 1. The number of amides is 1. The molecule has 36 heavy (non-hydrogen) atoms. The monoisotopic (exact) mass is 489 g/mol. The molecule has 1 amide bonds. The molecule has 7 nitrogen and oxygen atoms in total. The zero-order valence-corrected chi connectivity index (χ0v) is 20.4. The summed E-state index contributed by atoms with van der Waals surface area (Å²) < 4.78 is 31.4. The van der Waals surface area contributed by atoms with Gasteiger partial charge in [0, 0.05) is 24.0 Å². The molecule has 2 aromatic heterocycles. The van der Waals surface area contributed by atoms with E-state index in [0.29, 0.717) is 22.8 Å². The molecular weight excluding hydrogens is 461 g/mol. The van der Waals surface area contributed by atoms with E-state index >= 15 is 0 Å². The standard InChI is InChI=1S/C28H28FN3O4/c1-34-24-11-12-25(35-2)26-22(24)16-19(27(30-26)31-13-5-6-14-31)17-32(18-20-8-7-15-36-20)28(33)21-9-3-4-10-23(21)29/h3-4,7-12,15-16H,5-6,13-14,17-18H2,1-2H3. The highest BCUT2D eigenvalue weighted by Gasteiger charge is 2.26. The quantitative estimate of drug-likeness (QED) is 0.329. The van der Waals surface area contributed by atoms with Crippen molar-refractivity contribution in [1.29, 1.82) is 0 Å². The number of aromatic nitrogens is 1. The van der Waals surface area contributed by atoms with Crippen LogP contribution in [0.15, 0.2) is 65.3 Å². The summed E-state index contributed by atoms with van der Waals surface area (Å²) in [6, 6.07) is 15.3.